The molecule has 8 heteroatoms. The lowest BCUT2D eigenvalue weighted by Crippen LogP contribution is -2.40. The number of furan rings is 1. The summed E-state index contributed by atoms with van der Waals surface area (Å²) in [7, 11) is 6.81. The minimum atomic E-state index is -0.374. The Morgan fingerprint density at radius 2 is 1.85 bits per heavy atom. The molecule has 0 bridgehead atoms. The van der Waals surface area contributed by atoms with Gasteiger partial charge in [0, 0.05) is 12.1 Å². The third kappa shape index (κ3) is 5.49. The summed E-state index contributed by atoms with van der Waals surface area (Å²) in [6, 6.07) is 8.37. The van der Waals surface area contributed by atoms with Crippen LogP contribution in [0, 0.1) is 0 Å². The number of ether oxygens (including phenoxy) is 2. The van der Waals surface area contributed by atoms with Crippen LogP contribution in [0.2, 0.25) is 0 Å². The van der Waals surface area contributed by atoms with Crippen LogP contribution in [-0.2, 0) is 4.79 Å². The molecule has 146 valence electrons. The van der Waals surface area contributed by atoms with E-state index in [2.05, 4.69) is 10.6 Å². The number of hydrogen-bond donors (Lipinski definition) is 2. The molecule has 8 nitrogen and oxygen atoms in total. The average Bonchev–Trinajstić information content (AvgIpc) is 3.19. The predicted molar refractivity (Wildman–Crippen MR) is 100 cm³/mol. The maximum Gasteiger partial charge on any atom is 0.251 e. The molecule has 0 spiro atoms. The molecule has 0 aliphatic heterocycles. The zero-order chi connectivity index (χ0) is 19.8. The molecule has 1 aromatic carbocycles. The van der Waals surface area contributed by atoms with Crippen LogP contribution in [0.5, 0.6) is 11.5 Å². The molecule has 0 aliphatic rings. The zero-order valence-corrected chi connectivity index (χ0v) is 15.9. The van der Waals surface area contributed by atoms with E-state index in [1.165, 1.54) is 14.2 Å². The Kier molecular flexibility index (Phi) is 7.25. The van der Waals surface area contributed by atoms with Gasteiger partial charge < -0.3 is 24.5 Å². The van der Waals surface area contributed by atoms with Gasteiger partial charge in [0.25, 0.3) is 5.91 Å². The zero-order valence-electron chi connectivity index (χ0n) is 15.9. The summed E-state index contributed by atoms with van der Waals surface area (Å²) >= 11 is 0. The Bertz CT molecular complexity index is 759. The second kappa shape index (κ2) is 9.63. The second-order valence-electron chi connectivity index (χ2n) is 6.05. The summed E-state index contributed by atoms with van der Waals surface area (Å²) in [5, 5.41) is 5.39. The molecule has 2 rings (SSSR count). The Balaban J connectivity index is 1.87. The molecule has 0 radical (unpaired) electrons. The van der Waals surface area contributed by atoms with Crippen molar-refractivity contribution in [2.24, 2.45) is 0 Å². The highest BCUT2D eigenvalue weighted by Gasteiger charge is 2.18. The van der Waals surface area contributed by atoms with Crippen LogP contribution < -0.4 is 20.1 Å². The minimum Gasteiger partial charge on any atom is -0.493 e. The molecule has 1 heterocycles. The number of rotatable bonds is 9. The van der Waals surface area contributed by atoms with Crippen LogP contribution in [-0.4, -0.2) is 58.1 Å². The molecule has 2 amide bonds. The van der Waals surface area contributed by atoms with Crippen molar-refractivity contribution >= 4 is 11.8 Å². The maximum atomic E-state index is 12.2. The second-order valence-corrected chi connectivity index (χ2v) is 6.05. The van der Waals surface area contributed by atoms with Gasteiger partial charge in [-0.2, -0.15) is 0 Å². The predicted octanol–water partition coefficient (Wildman–Crippen LogP) is 1.45. The van der Waals surface area contributed by atoms with Crippen molar-refractivity contribution < 1.29 is 23.5 Å². The standard InChI is InChI=1S/C19H25N3O5/c1-22(2)14(15-6-5-9-27-15)11-20-18(23)12-21-19(24)13-7-8-16(25-3)17(10-13)26-4/h5-10,14H,11-12H2,1-4H3,(H,20,23)(H,21,24)/t14-/m0/s1. The number of likely N-dealkylation sites (N-methyl/N-ethyl adjacent to an activating group) is 1. The third-order valence-electron chi connectivity index (χ3n) is 4.04. The number of carbonyl (C=O) groups is 2. The van der Waals surface area contributed by atoms with Gasteiger partial charge in [-0.1, -0.05) is 0 Å². The Morgan fingerprint density at radius 3 is 2.44 bits per heavy atom. The van der Waals surface area contributed by atoms with Crippen molar-refractivity contribution in [1.82, 2.24) is 15.5 Å². The highest BCUT2D eigenvalue weighted by molar-refractivity contribution is 5.97. The SMILES string of the molecule is COc1ccc(C(=O)NCC(=O)NC[C@@H](c2ccco2)N(C)C)cc1OC. The van der Waals surface area contributed by atoms with Crippen LogP contribution in [0.25, 0.3) is 0 Å². The molecule has 1 atom stereocenters. The van der Waals surface area contributed by atoms with Crippen LogP contribution in [0.1, 0.15) is 22.2 Å². The Hall–Kier alpha value is -3.00. The Morgan fingerprint density at radius 1 is 1.11 bits per heavy atom. The van der Waals surface area contributed by atoms with Gasteiger partial charge in [0.1, 0.15) is 5.76 Å². The van der Waals surface area contributed by atoms with E-state index >= 15 is 0 Å². The molecule has 2 aromatic rings. The van der Waals surface area contributed by atoms with Gasteiger partial charge in [-0.05, 0) is 44.4 Å². The Labute approximate surface area is 158 Å². The summed E-state index contributed by atoms with van der Waals surface area (Å²) in [6.07, 6.45) is 1.59. The van der Waals surface area contributed by atoms with Gasteiger partial charge >= 0.3 is 0 Å². The average molecular weight is 375 g/mol. The highest BCUT2D eigenvalue weighted by Crippen LogP contribution is 2.27. The fraction of sp³-hybridized carbons (Fsp3) is 0.368. The van der Waals surface area contributed by atoms with Crippen molar-refractivity contribution in [3.05, 3.63) is 47.9 Å². The van der Waals surface area contributed by atoms with Crippen LogP contribution in [0.3, 0.4) is 0 Å². The summed E-state index contributed by atoms with van der Waals surface area (Å²) in [5.74, 6) is 1.07. The number of hydrogen-bond acceptors (Lipinski definition) is 6. The van der Waals surface area contributed by atoms with Crippen molar-refractivity contribution in [3.8, 4) is 11.5 Å². The van der Waals surface area contributed by atoms with Gasteiger partial charge in [0.15, 0.2) is 11.5 Å². The summed E-state index contributed by atoms with van der Waals surface area (Å²) in [4.78, 5) is 26.3. The minimum absolute atomic E-state index is 0.0921. The van der Waals surface area contributed by atoms with E-state index in [1.54, 1.807) is 30.5 Å². The number of nitrogens with zero attached hydrogens (tertiary/aromatic N) is 1. The maximum absolute atomic E-state index is 12.2. The van der Waals surface area contributed by atoms with E-state index < -0.39 is 0 Å². The summed E-state index contributed by atoms with van der Waals surface area (Å²) in [5.41, 5.74) is 0.377. The van der Waals surface area contributed by atoms with Crippen LogP contribution in [0.15, 0.2) is 41.0 Å². The fourth-order valence-corrected chi connectivity index (χ4v) is 2.53. The lowest BCUT2D eigenvalue weighted by molar-refractivity contribution is -0.120. The molecule has 2 N–H and O–H groups in total. The topological polar surface area (TPSA) is 93.0 Å². The largest absolute Gasteiger partial charge is 0.493 e. The molecule has 0 saturated heterocycles. The number of nitrogens with one attached hydrogen (secondary N) is 2. The van der Waals surface area contributed by atoms with Crippen molar-refractivity contribution in [1.29, 1.82) is 0 Å². The lowest BCUT2D eigenvalue weighted by atomic mass is 10.2. The number of amides is 2. The first kappa shape index (κ1) is 20.3. The summed E-state index contributed by atoms with van der Waals surface area (Å²) in [6.45, 7) is 0.233. The number of benzene rings is 1. The van der Waals surface area contributed by atoms with Crippen molar-refractivity contribution in [3.63, 3.8) is 0 Å². The van der Waals surface area contributed by atoms with Gasteiger partial charge in [0.2, 0.25) is 5.91 Å². The first-order valence-corrected chi connectivity index (χ1v) is 8.43. The molecule has 0 aliphatic carbocycles. The van der Waals surface area contributed by atoms with E-state index in [0.29, 0.717) is 23.6 Å². The quantitative estimate of drug-likeness (QED) is 0.689. The molecule has 0 unspecified atom stereocenters. The smallest absolute Gasteiger partial charge is 0.251 e. The van der Waals surface area contributed by atoms with E-state index in [0.717, 1.165) is 5.76 Å². The molecule has 0 fully saturated rings. The first-order valence-electron chi connectivity index (χ1n) is 8.43. The number of methoxy groups -OCH3 is 2. The monoisotopic (exact) mass is 375 g/mol. The normalized spacial score (nSPS) is 11.7. The number of carbonyl (C=O) groups excluding carboxylic acids is 2. The van der Waals surface area contributed by atoms with Gasteiger partial charge in [-0.25, -0.2) is 0 Å². The highest BCUT2D eigenvalue weighted by atomic mass is 16.5. The van der Waals surface area contributed by atoms with Gasteiger partial charge in [-0.15, -0.1) is 0 Å². The van der Waals surface area contributed by atoms with Gasteiger partial charge in [-0.3, -0.25) is 14.5 Å². The molecular weight excluding hydrogens is 350 g/mol. The molecule has 0 saturated carbocycles. The van der Waals surface area contributed by atoms with E-state index in [9.17, 15) is 9.59 Å². The van der Waals surface area contributed by atoms with Crippen molar-refractivity contribution in [2.45, 2.75) is 6.04 Å². The molecule has 27 heavy (non-hydrogen) atoms. The van der Waals surface area contributed by atoms with Crippen LogP contribution in [0.4, 0.5) is 0 Å². The third-order valence-corrected chi connectivity index (χ3v) is 4.04. The van der Waals surface area contributed by atoms with Gasteiger partial charge in [0.05, 0.1) is 33.1 Å². The van der Waals surface area contributed by atoms with E-state index in [1.807, 2.05) is 25.1 Å². The summed E-state index contributed by atoms with van der Waals surface area (Å²) < 4.78 is 15.7. The van der Waals surface area contributed by atoms with E-state index in [-0.39, 0.29) is 24.4 Å². The van der Waals surface area contributed by atoms with Crippen LogP contribution >= 0.6 is 0 Å². The molecule has 1 aromatic heterocycles. The molecular formula is C19H25N3O5. The first-order chi connectivity index (χ1) is 13.0. The lowest BCUT2D eigenvalue weighted by Gasteiger charge is -2.22. The fourth-order valence-electron chi connectivity index (χ4n) is 2.53. The van der Waals surface area contributed by atoms with E-state index in [4.69, 9.17) is 13.9 Å². The van der Waals surface area contributed by atoms with Crippen molar-refractivity contribution in [2.75, 3.05) is 41.4 Å².